The molecule has 5 rings (SSSR count). The van der Waals surface area contributed by atoms with Crippen molar-refractivity contribution in [3.05, 3.63) is 95.5 Å². The minimum Gasteiger partial charge on any atom is -0.506 e. The molecule has 0 bridgehead atoms. The molecule has 2 aromatic heterocycles. The van der Waals surface area contributed by atoms with Crippen molar-refractivity contribution in [2.45, 2.75) is 6.54 Å². The van der Waals surface area contributed by atoms with Crippen molar-refractivity contribution in [2.24, 2.45) is 0 Å². The number of aromatic hydroxyl groups is 1. The smallest absolute Gasteiger partial charge is 0.246 e. The number of hydrogen-bond donors (Lipinski definition) is 1. The van der Waals surface area contributed by atoms with Crippen molar-refractivity contribution in [3.63, 3.8) is 0 Å². The average Bonchev–Trinajstić information content (AvgIpc) is 3.54. The molecule has 1 N–H and O–H groups in total. The fourth-order valence-electron chi connectivity index (χ4n) is 4.18. The van der Waals surface area contributed by atoms with Crippen LogP contribution in [0.1, 0.15) is 11.1 Å². The van der Waals surface area contributed by atoms with E-state index < -0.39 is 0 Å². The van der Waals surface area contributed by atoms with Gasteiger partial charge in [0.2, 0.25) is 5.91 Å². The second-order valence-electron chi connectivity index (χ2n) is 8.23. The number of amides is 1. The van der Waals surface area contributed by atoms with Crippen LogP contribution in [0.5, 0.6) is 5.75 Å². The number of carbonyl (C=O) groups is 1. The van der Waals surface area contributed by atoms with Crippen LogP contribution in [-0.2, 0) is 11.3 Å². The zero-order chi connectivity index (χ0) is 23.3. The zero-order valence-corrected chi connectivity index (χ0v) is 19.6. The summed E-state index contributed by atoms with van der Waals surface area (Å²) in [5.74, 6) is 0.265. The number of carbonyl (C=O) groups excluding carboxylic acids is 1. The number of phenolic OH excluding ortho intramolecular Hbond substituents is 1. The van der Waals surface area contributed by atoms with Gasteiger partial charge in [0.05, 0.1) is 17.1 Å². The SMILES string of the molecule is O=C(/C=C/c1cn(Cc2ccccc2)nc1-c1cccs1)N1CCN(c2ccccc2O)CC1. The second-order valence-corrected chi connectivity index (χ2v) is 9.18. The third-order valence-corrected chi connectivity index (χ3v) is 6.83. The molecule has 172 valence electrons. The van der Waals surface area contributed by atoms with Gasteiger partial charge in [0.25, 0.3) is 0 Å². The van der Waals surface area contributed by atoms with Crippen LogP contribution >= 0.6 is 11.3 Å². The van der Waals surface area contributed by atoms with Gasteiger partial charge in [-0.3, -0.25) is 9.48 Å². The Kier molecular flexibility index (Phi) is 6.44. The first-order chi connectivity index (χ1) is 16.7. The quantitative estimate of drug-likeness (QED) is 0.414. The van der Waals surface area contributed by atoms with Crippen molar-refractivity contribution < 1.29 is 9.90 Å². The molecule has 7 heteroatoms. The summed E-state index contributed by atoms with van der Waals surface area (Å²) in [4.78, 5) is 18.0. The van der Waals surface area contributed by atoms with E-state index in [1.807, 2.05) is 69.7 Å². The summed E-state index contributed by atoms with van der Waals surface area (Å²) in [6, 6.07) is 21.6. The maximum atomic E-state index is 12.9. The lowest BCUT2D eigenvalue weighted by Gasteiger charge is -2.35. The molecule has 1 saturated heterocycles. The van der Waals surface area contributed by atoms with Crippen LogP contribution in [-0.4, -0.2) is 51.9 Å². The van der Waals surface area contributed by atoms with Gasteiger partial charge in [0.1, 0.15) is 11.4 Å². The molecule has 3 heterocycles. The maximum absolute atomic E-state index is 12.9. The van der Waals surface area contributed by atoms with Crippen LogP contribution in [0.15, 0.2) is 84.4 Å². The molecule has 1 fully saturated rings. The summed E-state index contributed by atoms with van der Waals surface area (Å²) in [5.41, 5.74) is 3.81. The van der Waals surface area contributed by atoms with Gasteiger partial charge < -0.3 is 14.9 Å². The number of benzene rings is 2. The predicted molar refractivity (Wildman–Crippen MR) is 137 cm³/mol. The number of nitrogens with zero attached hydrogens (tertiary/aromatic N) is 4. The Hall–Kier alpha value is -3.84. The van der Waals surface area contributed by atoms with Crippen LogP contribution in [0.2, 0.25) is 0 Å². The predicted octanol–water partition coefficient (Wildman–Crippen LogP) is 4.73. The normalized spacial score (nSPS) is 14.1. The molecular weight excluding hydrogens is 444 g/mol. The third kappa shape index (κ3) is 4.89. The van der Waals surface area contributed by atoms with E-state index >= 15 is 0 Å². The summed E-state index contributed by atoms with van der Waals surface area (Å²) in [6.45, 7) is 3.28. The largest absolute Gasteiger partial charge is 0.506 e. The van der Waals surface area contributed by atoms with Crippen LogP contribution in [0.4, 0.5) is 5.69 Å². The number of hydrogen-bond acceptors (Lipinski definition) is 5. The summed E-state index contributed by atoms with van der Waals surface area (Å²) in [7, 11) is 0. The van der Waals surface area contributed by atoms with E-state index in [0.717, 1.165) is 21.8 Å². The molecule has 0 radical (unpaired) electrons. The van der Waals surface area contributed by atoms with Crippen LogP contribution in [0.3, 0.4) is 0 Å². The summed E-state index contributed by atoms with van der Waals surface area (Å²) < 4.78 is 1.93. The van der Waals surface area contributed by atoms with Gasteiger partial charge in [0, 0.05) is 44.0 Å². The van der Waals surface area contributed by atoms with Gasteiger partial charge >= 0.3 is 0 Å². The van der Waals surface area contributed by atoms with Crippen LogP contribution in [0.25, 0.3) is 16.6 Å². The lowest BCUT2D eigenvalue weighted by molar-refractivity contribution is -0.126. The molecule has 1 amide bonds. The van der Waals surface area contributed by atoms with Gasteiger partial charge in [-0.25, -0.2) is 0 Å². The Bertz CT molecular complexity index is 1270. The standard InChI is InChI=1S/C27H26N4O2S/c32-24-10-5-4-9-23(24)29-14-16-30(17-15-29)26(33)13-12-22-20-31(19-21-7-2-1-3-8-21)28-27(22)25-11-6-18-34-25/h1-13,18,20,32H,14-17,19H2/b13-12+. The first kappa shape index (κ1) is 22.0. The Morgan fingerprint density at radius 3 is 2.47 bits per heavy atom. The lowest BCUT2D eigenvalue weighted by Crippen LogP contribution is -2.48. The van der Waals surface area contributed by atoms with Gasteiger partial charge in [-0.05, 0) is 35.2 Å². The van der Waals surface area contributed by atoms with E-state index in [4.69, 9.17) is 5.10 Å². The molecule has 0 aliphatic carbocycles. The van der Waals surface area contributed by atoms with Crippen molar-refractivity contribution in [1.29, 1.82) is 0 Å². The molecule has 0 spiro atoms. The molecule has 1 aliphatic rings. The van der Waals surface area contributed by atoms with E-state index in [1.54, 1.807) is 23.5 Å². The molecule has 6 nitrogen and oxygen atoms in total. The second kappa shape index (κ2) is 9.97. The Morgan fingerprint density at radius 1 is 0.971 bits per heavy atom. The fraction of sp³-hybridized carbons (Fsp3) is 0.185. The van der Waals surface area contributed by atoms with E-state index in [1.165, 1.54) is 5.56 Å². The lowest BCUT2D eigenvalue weighted by atomic mass is 10.2. The number of aromatic nitrogens is 2. The Labute approximate surface area is 203 Å². The molecule has 0 atom stereocenters. The van der Waals surface area contributed by atoms with E-state index in [9.17, 15) is 9.90 Å². The minimum atomic E-state index is -0.00938. The number of para-hydroxylation sites is 2. The summed E-state index contributed by atoms with van der Waals surface area (Å²) in [6.07, 6.45) is 5.53. The van der Waals surface area contributed by atoms with Crippen LogP contribution < -0.4 is 4.90 Å². The monoisotopic (exact) mass is 470 g/mol. The number of piperazine rings is 1. The summed E-state index contributed by atoms with van der Waals surface area (Å²) in [5, 5.41) is 17.0. The van der Waals surface area contributed by atoms with E-state index in [0.29, 0.717) is 32.7 Å². The first-order valence-electron chi connectivity index (χ1n) is 11.3. The number of thiophene rings is 1. The highest BCUT2D eigenvalue weighted by molar-refractivity contribution is 7.13. The molecular formula is C27H26N4O2S. The highest BCUT2D eigenvalue weighted by Gasteiger charge is 2.21. The molecule has 0 saturated carbocycles. The molecule has 4 aromatic rings. The Balaban J connectivity index is 1.29. The van der Waals surface area contributed by atoms with Gasteiger partial charge in [-0.1, -0.05) is 48.5 Å². The van der Waals surface area contributed by atoms with E-state index in [2.05, 4.69) is 23.1 Å². The topological polar surface area (TPSA) is 61.6 Å². The molecule has 1 aliphatic heterocycles. The van der Waals surface area contributed by atoms with Crippen LogP contribution in [0, 0.1) is 0 Å². The minimum absolute atomic E-state index is 0.00938. The van der Waals surface area contributed by atoms with E-state index in [-0.39, 0.29) is 11.7 Å². The van der Waals surface area contributed by atoms with Crippen molar-refractivity contribution in [2.75, 3.05) is 31.1 Å². The molecule has 2 aromatic carbocycles. The Morgan fingerprint density at radius 2 is 1.74 bits per heavy atom. The number of rotatable bonds is 6. The average molecular weight is 471 g/mol. The highest BCUT2D eigenvalue weighted by Crippen LogP contribution is 2.29. The zero-order valence-electron chi connectivity index (χ0n) is 18.7. The number of phenols is 1. The van der Waals surface area contributed by atoms with Gasteiger partial charge in [-0.15, -0.1) is 11.3 Å². The molecule has 0 unspecified atom stereocenters. The van der Waals surface area contributed by atoms with Gasteiger partial charge in [0.15, 0.2) is 0 Å². The number of anilines is 1. The summed E-state index contributed by atoms with van der Waals surface area (Å²) >= 11 is 1.64. The third-order valence-electron chi connectivity index (χ3n) is 5.95. The van der Waals surface area contributed by atoms with Crippen molar-refractivity contribution in [3.8, 4) is 16.3 Å². The molecule has 34 heavy (non-hydrogen) atoms. The first-order valence-corrected chi connectivity index (χ1v) is 12.2. The fourth-order valence-corrected chi connectivity index (χ4v) is 4.91. The maximum Gasteiger partial charge on any atom is 0.246 e. The van der Waals surface area contributed by atoms with Crippen molar-refractivity contribution >= 4 is 29.0 Å². The van der Waals surface area contributed by atoms with Gasteiger partial charge in [-0.2, -0.15) is 5.10 Å². The highest BCUT2D eigenvalue weighted by atomic mass is 32.1. The van der Waals surface area contributed by atoms with Crippen molar-refractivity contribution in [1.82, 2.24) is 14.7 Å².